The minimum atomic E-state index is 0.379. The van der Waals surface area contributed by atoms with E-state index in [0.717, 1.165) is 32.5 Å². The predicted molar refractivity (Wildman–Crippen MR) is 59.4 cm³/mol. The molecule has 1 aliphatic rings. The molecule has 0 aromatic heterocycles. The van der Waals surface area contributed by atoms with Crippen molar-refractivity contribution in [1.29, 1.82) is 0 Å². The van der Waals surface area contributed by atoms with E-state index in [2.05, 4.69) is 18.7 Å². The Morgan fingerprint density at radius 2 is 2.36 bits per heavy atom. The standard InChI is InChI=1S/C11H24N2O/c1-3-11(5-6-12)13-7-4-8-14-10(2)9-13/h10-11H,3-9,12H2,1-2H3. The van der Waals surface area contributed by atoms with Crippen LogP contribution in [0.15, 0.2) is 0 Å². The first kappa shape index (κ1) is 12.0. The van der Waals surface area contributed by atoms with Gasteiger partial charge in [-0.2, -0.15) is 0 Å². The maximum absolute atomic E-state index is 5.63. The molecule has 1 saturated heterocycles. The highest BCUT2D eigenvalue weighted by Gasteiger charge is 2.20. The highest BCUT2D eigenvalue weighted by atomic mass is 16.5. The van der Waals surface area contributed by atoms with Gasteiger partial charge in [-0.1, -0.05) is 6.92 Å². The van der Waals surface area contributed by atoms with Crippen LogP contribution in [-0.4, -0.2) is 43.3 Å². The van der Waals surface area contributed by atoms with E-state index in [9.17, 15) is 0 Å². The van der Waals surface area contributed by atoms with E-state index in [0.29, 0.717) is 12.1 Å². The van der Waals surface area contributed by atoms with Gasteiger partial charge in [0, 0.05) is 25.7 Å². The quantitative estimate of drug-likeness (QED) is 0.741. The molecule has 84 valence electrons. The average molecular weight is 200 g/mol. The molecule has 2 atom stereocenters. The predicted octanol–water partition coefficient (Wildman–Crippen LogP) is 1.22. The Morgan fingerprint density at radius 3 is 3.00 bits per heavy atom. The van der Waals surface area contributed by atoms with Gasteiger partial charge in [0.25, 0.3) is 0 Å². The largest absolute Gasteiger partial charge is 0.377 e. The number of nitrogens with two attached hydrogens (primary N) is 1. The number of nitrogens with zero attached hydrogens (tertiary/aromatic N) is 1. The van der Waals surface area contributed by atoms with Crippen molar-refractivity contribution < 1.29 is 4.74 Å². The van der Waals surface area contributed by atoms with Gasteiger partial charge in [0.1, 0.15) is 0 Å². The number of rotatable bonds is 4. The minimum Gasteiger partial charge on any atom is -0.377 e. The van der Waals surface area contributed by atoms with Crippen molar-refractivity contribution in [3.8, 4) is 0 Å². The Kier molecular flexibility index (Phi) is 5.45. The SMILES string of the molecule is CCC(CCN)N1CCCOC(C)C1. The summed E-state index contributed by atoms with van der Waals surface area (Å²) in [6.45, 7) is 8.35. The fourth-order valence-electron chi connectivity index (χ4n) is 2.20. The van der Waals surface area contributed by atoms with Crippen molar-refractivity contribution in [3.63, 3.8) is 0 Å². The number of hydrogen-bond donors (Lipinski definition) is 1. The first-order valence-corrected chi connectivity index (χ1v) is 5.83. The van der Waals surface area contributed by atoms with E-state index < -0.39 is 0 Å². The second-order valence-corrected chi connectivity index (χ2v) is 4.17. The third-order valence-electron chi connectivity index (χ3n) is 2.97. The highest BCUT2D eigenvalue weighted by molar-refractivity contribution is 4.75. The molecule has 0 amide bonds. The molecule has 0 spiro atoms. The van der Waals surface area contributed by atoms with Gasteiger partial charge in [0.05, 0.1) is 6.10 Å². The smallest absolute Gasteiger partial charge is 0.0674 e. The molecule has 1 aliphatic heterocycles. The number of hydrogen-bond acceptors (Lipinski definition) is 3. The zero-order valence-electron chi connectivity index (χ0n) is 9.54. The van der Waals surface area contributed by atoms with Crippen LogP contribution in [0, 0.1) is 0 Å². The lowest BCUT2D eigenvalue weighted by molar-refractivity contribution is 0.0595. The normalized spacial score (nSPS) is 27.2. The van der Waals surface area contributed by atoms with Crippen LogP contribution >= 0.6 is 0 Å². The molecule has 0 aromatic carbocycles. The third-order valence-corrected chi connectivity index (χ3v) is 2.97. The second kappa shape index (κ2) is 6.38. The molecule has 0 aliphatic carbocycles. The van der Waals surface area contributed by atoms with Gasteiger partial charge in [-0.25, -0.2) is 0 Å². The van der Waals surface area contributed by atoms with Crippen LogP contribution in [0.1, 0.15) is 33.1 Å². The van der Waals surface area contributed by atoms with Crippen LogP contribution in [0.2, 0.25) is 0 Å². The van der Waals surface area contributed by atoms with Crippen molar-refractivity contribution in [2.45, 2.75) is 45.3 Å². The summed E-state index contributed by atoms with van der Waals surface area (Å²) in [7, 11) is 0. The Morgan fingerprint density at radius 1 is 1.57 bits per heavy atom. The molecule has 0 aromatic rings. The van der Waals surface area contributed by atoms with E-state index in [4.69, 9.17) is 10.5 Å². The van der Waals surface area contributed by atoms with Gasteiger partial charge in [-0.15, -0.1) is 0 Å². The van der Waals surface area contributed by atoms with Crippen LogP contribution in [-0.2, 0) is 4.74 Å². The summed E-state index contributed by atoms with van der Waals surface area (Å²) >= 11 is 0. The lowest BCUT2D eigenvalue weighted by Crippen LogP contribution is -2.40. The van der Waals surface area contributed by atoms with E-state index >= 15 is 0 Å². The molecule has 0 radical (unpaired) electrons. The van der Waals surface area contributed by atoms with Crippen molar-refractivity contribution in [3.05, 3.63) is 0 Å². The van der Waals surface area contributed by atoms with Crippen LogP contribution in [0.25, 0.3) is 0 Å². The lowest BCUT2D eigenvalue weighted by atomic mass is 10.1. The van der Waals surface area contributed by atoms with Gasteiger partial charge in [-0.3, -0.25) is 4.90 Å². The zero-order chi connectivity index (χ0) is 10.4. The maximum Gasteiger partial charge on any atom is 0.0674 e. The maximum atomic E-state index is 5.63. The monoisotopic (exact) mass is 200 g/mol. The van der Waals surface area contributed by atoms with Crippen LogP contribution < -0.4 is 5.73 Å². The molecule has 0 bridgehead atoms. The summed E-state index contributed by atoms with van der Waals surface area (Å²) in [6, 6.07) is 0.657. The molecule has 1 rings (SSSR count). The first-order chi connectivity index (χ1) is 6.77. The van der Waals surface area contributed by atoms with Crippen molar-refractivity contribution >= 4 is 0 Å². The molecular formula is C11H24N2O. The molecule has 0 saturated carbocycles. The molecule has 2 unspecified atom stereocenters. The van der Waals surface area contributed by atoms with E-state index in [1.807, 2.05) is 0 Å². The molecule has 3 nitrogen and oxygen atoms in total. The molecule has 3 heteroatoms. The van der Waals surface area contributed by atoms with Crippen LogP contribution in [0.4, 0.5) is 0 Å². The highest BCUT2D eigenvalue weighted by Crippen LogP contribution is 2.13. The van der Waals surface area contributed by atoms with Crippen LogP contribution in [0.3, 0.4) is 0 Å². The summed E-state index contributed by atoms with van der Waals surface area (Å²) in [4.78, 5) is 2.55. The van der Waals surface area contributed by atoms with Crippen molar-refractivity contribution in [1.82, 2.24) is 4.90 Å². The Labute approximate surface area is 87.6 Å². The topological polar surface area (TPSA) is 38.5 Å². The van der Waals surface area contributed by atoms with E-state index in [-0.39, 0.29) is 0 Å². The molecular weight excluding hydrogens is 176 g/mol. The number of ether oxygens (including phenoxy) is 1. The fourth-order valence-corrected chi connectivity index (χ4v) is 2.20. The van der Waals surface area contributed by atoms with E-state index in [1.54, 1.807) is 0 Å². The van der Waals surface area contributed by atoms with Gasteiger partial charge < -0.3 is 10.5 Å². The first-order valence-electron chi connectivity index (χ1n) is 5.83. The summed E-state index contributed by atoms with van der Waals surface area (Å²) in [5.74, 6) is 0. The second-order valence-electron chi connectivity index (χ2n) is 4.17. The summed E-state index contributed by atoms with van der Waals surface area (Å²) in [5.41, 5.74) is 5.63. The van der Waals surface area contributed by atoms with Crippen molar-refractivity contribution in [2.24, 2.45) is 5.73 Å². The van der Waals surface area contributed by atoms with Crippen LogP contribution in [0.5, 0.6) is 0 Å². The van der Waals surface area contributed by atoms with Gasteiger partial charge >= 0.3 is 0 Å². The van der Waals surface area contributed by atoms with Gasteiger partial charge in [-0.05, 0) is 32.7 Å². The Balaban J connectivity index is 2.45. The molecule has 2 N–H and O–H groups in total. The fraction of sp³-hybridized carbons (Fsp3) is 1.00. The Bertz CT molecular complexity index is 152. The molecule has 14 heavy (non-hydrogen) atoms. The third kappa shape index (κ3) is 3.56. The van der Waals surface area contributed by atoms with Gasteiger partial charge in [0.2, 0.25) is 0 Å². The average Bonchev–Trinajstić information content (AvgIpc) is 2.39. The lowest BCUT2D eigenvalue weighted by Gasteiger charge is -2.30. The van der Waals surface area contributed by atoms with E-state index in [1.165, 1.54) is 13.0 Å². The minimum absolute atomic E-state index is 0.379. The van der Waals surface area contributed by atoms with Gasteiger partial charge in [0.15, 0.2) is 0 Å². The van der Waals surface area contributed by atoms with Crippen molar-refractivity contribution in [2.75, 3.05) is 26.2 Å². The molecule has 1 fully saturated rings. The summed E-state index contributed by atoms with van der Waals surface area (Å²) < 4.78 is 5.63. The summed E-state index contributed by atoms with van der Waals surface area (Å²) in [6.07, 6.45) is 3.85. The summed E-state index contributed by atoms with van der Waals surface area (Å²) in [5, 5.41) is 0. The zero-order valence-corrected chi connectivity index (χ0v) is 9.54. The molecule has 1 heterocycles. The Hall–Kier alpha value is -0.120.